The Kier molecular flexibility index (Phi) is 7.88. The lowest BCUT2D eigenvalue weighted by Gasteiger charge is -2.16. The number of halogens is 1. The Morgan fingerprint density at radius 3 is 2.50 bits per heavy atom. The van der Waals surface area contributed by atoms with E-state index < -0.39 is 29.6 Å². The Labute approximate surface area is 140 Å². The van der Waals surface area contributed by atoms with Crippen molar-refractivity contribution in [1.29, 1.82) is 0 Å². The van der Waals surface area contributed by atoms with Gasteiger partial charge in [-0.2, -0.15) is 0 Å². The van der Waals surface area contributed by atoms with Gasteiger partial charge < -0.3 is 15.7 Å². The lowest BCUT2D eigenvalue weighted by Crippen LogP contribution is -2.36. The van der Waals surface area contributed by atoms with Gasteiger partial charge in [0, 0.05) is 18.9 Å². The molecule has 7 heteroatoms. The van der Waals surface area contributed by atoms with E-state index in [0.29, 0.717) is 6.42 Å². The molecule has 0 aliphatic rings. The zero-order chi connectivity index (χ0) is 18.1. The monoisotopic (exact) mass is 338 g/mol. The smallest absolute Gasteiger partial charge is 0.305 e. The normalized spacial score (nSPS) is 11.6. The van der Waals surface area contributed by atoms with Crippen molar-refractivity contribution in [2.75, 3.05) is 5.32 Å². The molecule has 0 saturated carbocycles. The molecular weight excluding hydrogens is 315 g/mol. The molecule has 1 atom stereocenters. The molecule has 0 aliphatic carbocycles. The number of carbonyl (C=O) groups excluding carboxylic acids is 2. The van der Waals surface area contributed by atoms with Crippen LogP contribution in [0.4, 0.5) is 10.1 Å². The topological polar surface area (TPSA) is 95.5 Å². The highest BCUT2D eigenvalue weighted by molar-refractivity contribution is 5.93. The second kappa shape index (κ2) is 9.64. The third kappa shape index (κ3) is 7.21. The Morgan fingerprint density at radius 1 is 1.21 bits per heavy atom. The third-order valence-electron chi connectivity index (χ3n) is 3.40. The Balaban J connectivity index is 2.46. The number of aryl methyl sites for hydroxylation is 1. The van der Waals surface area contributed by atoms with Crippen molar-refractivity contribution in [3.63, 3.8) is 0 Å². The lowest BCUT2D eigenvalue weighted by molar-refractivity contribution is -0.137. The molecule has 0 fully saturated rings. The minimum Gasteiger partial charge on any atom is -0.481 e. The van der Waals surface area contributed by atoms with Gasteiger partial charge in [-0.25, -0.2) is 4.39 Å². The summed E-state index contributed by atoms with van der Waals surface area (Å²) < 4.78 is 13.6. The van der Waals surface area contributed by atoms with Crippen molar-refractivity contribution >= 4 is 23.5 Å². The number of carbonyl (C=O) groups is 3. The second-order valence-corrected chi connectivity index (χ2v) is 5.68. The molecule has 1 aromatic carbocycles. The predicted octanol–water partition coefficient (Wildman–Crippen LogP) is 2.61. The van der Waals surface area contributed by atoms with Gasteiger partial charge >= 0.3 is 5.97 Å². The summed E-state index contributed by atoms with van der Waals surface area (Å²) >= 11 is 0. The number of nitrogens with one attached hydrogen (secondary N) is 2. The summed E-state index contributed by atoms with van der Waals surface area (Å²) in [5.74, 6) is -2.39. The maximum absolute atomic E-state index is 13.6. The largest absolute Gasteiger partial charge is 0.481 e. The first-order valence-electron chi connectivity index (χ1n) is 7.89. The number of amides is 2. The highest BCUT2D eigenvalue weighted by Gasteiger charge is 2.16. The average molecular weight is 338 g/mol. The van der Waals surface area contributed by atoms with Gasteiger partial charge in [-0.15, -0.1) is 0 Å². The number of benzene rings is 1. The van der Waals surface area contributed by atoms with Gasteiger partial charge in [0.2, 0.25) is 11.8 Å². The fourth-order valence-electron chi connectivity index (χ4n) is 2.26. The molecule has 0 aliphatic heterocycles. The molecule has 0 bridgehead atoms. The van der Waals surface area contributed by atoms with Crippen molar-refractivity contribution < 1.29 is 23.9 Å². The first kappa shape index (κ1) is 19.6. The van der Waals surface area contributed by atoms with Crippen LogP contribution in [0.2, 0.25) is 0 Å². The van der Waals surface area contributed by atoms with E-state index >= 15 is 0 Å². The van der Waals surface area contributed by atoms with E-state index in [2.05, 4.69) is 10.6 Å². The van der Waals surface area contributed by atoms with Crippen LogP contribution in [0.3, 0.4) is 0 Å². The molecule has 24 heavy (non-hydrogen) atoms. The van der Waals surface area contributed by atoms with Crippen molar-refractivity contribution in [3.8, 4) is 0 Å². The van der Waals surface area contributed by atoms with Gasteiger partial charge in [0.25, 0.3) is 0 Å². The van der Waals surface area contributed by atoms with Crippen LogP contribution in [0.25, 0.3) is 0 Å². The van der Waals surface area contributed by atoms with Crippen LogP contribution in [0.1, 0.15) is 44.6 Å². The van der Waals surface area contributed by atoms with E-state index in [0.717, 1.165) is 12.0 Å². The maximum Gasteiger partial charge on any atom is 0.305 e. The lowest BCUT2D eigenvalue weighted by atomic mass is 10.1. The fourth-order valence-corrected chi connectivity index (χ4v) is 2.26. The summed E-state index contributed by atoms with van der Waals surface area (Å²) in [6.07, 6.45) is 0.953. The first-order valence-corrected chi connectivity index (χ1v) is 7.89. The number of rotatable bonds is 9. The van der Waals surface area contributed by atoms with Crippen molar-refractivity contribution in [2.24, 2.45) is 0 Å². The minimum absolute atomic E-state index is 0.0788. The fraction of sp³-hybridized carbons (Fsp3) is 0.471. The summed E-state index contributed by atoms with van der Waals surface area (Å²) in [5, 5.41) is 13.8. The molecule has 0 spiro atoms. The van der Waals surface area contributed by atoms with Gasteiger partial charge in [-0.1, -0.05) is 19.4 Å². The van der Waals surface area contributed by atoms with Crippen molar-refractivity contribution in [2.45, 2.75) is 52.0 Å². The molecular formula is C17H23FN2O4. The molecule has 1 aromatic rings. The molecule has 0 radical (unpaired) electrons. The van der Waals surface area contributed by atoms with Gasteiger partial charge in [-0.3, -0.25) is 14.4 Å². The van der Waals surface area contributed by atoms with E-state index in [-0.39, 0.29) is 24.9 Å². The molecule has 0 unspecified atom stereocenters. The number of carboxylic acid groups (broad SMARTS) is 1. The molecule has 132 valence electrons. The number of hydrogen-bond donors (Lipinski definition) is 3. The summed E-state index contributed by atoms with van der Waals surface area (Å²) in [6.45, 7) is 3.67. The number of hydrogen-bond acceptors (Lipinski definition) is 3. The van der Waals surface area contributed by atoms with Gasteiger partial charge in [0.05, 0.1) is 12.1 Å². The number of carboxylic acids is 1. The van der Waals surface area contributed by atoms with Crippen LogP contribution < -0.4 is 10.6 Å². The summed E-state index contributed by atoms with van der Waals surface area (Å²) in [7, 11) is 0. The third-order valence-corrected chi connectivity index (χ3v) is 3.40. The zero-order valence-electron chi connectivity index (χ0n) is 13.9. The molecule has 6 nitrogen and oxygen atoms in total. The van der Waals surface area contributed by atoms with Crippen LogP contribution in [0.15, 0.2) is 18.2 Å². The molecule has 3 N–H and O–H groups in total. The molecule has 2 amide bonds. The van der Waals surface area contributed by atoms with Crippen LogP contribution >= 0.6 is 0 Å². The van der Waals surface area contributed by atoms with E-state index in [4.69, 9.17) is 5.11 Å². The van der Waals surface area contributed by atoms with Gasteiger partial charge in [0.15, 0.2) is 0 Å². The SMILES string of the molecule is CCC[C@H](CC(=O)O)NC(=O)CCC(=O)Nc1cc(C)ccc1F. The average Bonchev–Trinajstić information content (AvgIpc) is 2.48. The highest BCUT2D eigenvalue weighted by atomic mass is 19.1. The minimum atomic E-state index is -0.985. The Hall–Kier alpha value is -2.44. The van der Waals surface area contributed by atoms with E-state index in [9.17, 15) is 18.8 Å². The first-order chi connectivity index (χ1) is 11.3. The van der Waals surface area contributed by atoms with Crippen LogP contribution in [0.5, 0.6) is 0 Å². The zero-order valence-corrected chi connectivity index (χ0v) is 13.9. The standard InChI is InChI=1S/C17H23FN2O4/c1-3-4-12(10-17(23)24)19-15(21)7-8-16(22)20-14-9-11(2)5-6-13(14)18/h5-6,9,12H,3-4,7-8,10H2,1-2H3,(H,19,21)(H,20,22)(H,23,24)/t12-/m1/s1. The summed E-state index contributed by atoms with van der Waals surface area (Å²) in [6, 6.07) is 3.92. The Bertz CT molecular complexity index is 604. The van der Waals surface area contributed by atoms with Crippen LogP contribution in [-0.2, 0) is 14.4 Å². The molecule has 0 saturated heterocycles. The summed E-state index contributed by atoms with van der Waals surface area (Å²) in [5.41, 5.74) is 0.885. The molecule has 1 rings (SSSR count). The molecule has 0 heterocycles. The quantitative estimate of drug-likeness (QED) is 0.645. The van der Waals surface area contributed by atoms with Crippen LogP contribution in [0, 0.1) is 12.7 Å². The van der Waals surface area contributed by atoms with E-state index in [1.807, 2.05) is 6.92 Å². The maximum atomic E-state index is 13.6. The molecule has 0 aromatic heterocycles. The van der Waals surface area contributed by atoms with Gasteiger partial charge in [-0.05, 0) is 31.0 Å². The van der Waals surface area contributed by atoms with Crippen molar-refractivity contribution in [3.05, 3.63) is 29.6 Å². The number of aliphatic carboxylic acids is 1. The van der Waals surface area contributed by atoms with Crippen molar-refractivity contribution in [1.82, 2.24) is 5.32 Å². The van der Waals surface area contributed by atoms with Crippen LogP contribution in [-0.4, -0.2) is 28.9 Å². The van der Waals surface area contributed by atoms with E-state index in [1.54, 1.807) is 13.0 Å². The van der Waals surface area contributed by atoms with E-state index in [1.165, 1.54) is 12.1 Å². The summed E-state index contributed by atoms with van der Waals surface area (Å²) in [4.78, 5) is 34.4. The van der Waals surface area contributed by atoms with Gasteiger partial charge in [0.1, 0.15) is 5.82 Å². The predicted molar refractivity (Wildman–Crippen MR) is 88.1 cm³/mol. The number of anilines is 1. The highest BCUT2D eigenvalue weighted by Crippen LogP contribution is 2.16. The second-order valence-electron chi connectivity index (χ2n) is 5.68. The Morgan fingerprint density at radius 2 is 1.88 bits per heavy atom.